The first kappa shape index (κ1) is 48.5. The van der Waals surface area contributed by atoms with E-state index in [4.69, 9.17) is 44.9 Å². The van der Waals surface area contributed by atoms with Gasteiger partial charge in [-0.25, -0.2) is 23.1 Å². The minimum atomic E-state index is -0.589. The van der Waals surface area contributed by atoms with Crippen LogP contribution in [0.3, 0.4) is 0 Å². The lowest BCUT2D eigenvalue weighted by Crippen LogP contribution is -2.06. The van der Waals surface area contributed by atoms with Crippen LogP contribution in [0.4, 0.5) is 48.3 Å². The molecule has 3 aromatic carbocycles. The van der Waals surface area contributed by atoms with Crippen LogP contribution in [0.2, 0.25) is 0 Å². The van der Waals surface area contributed by atoms with Gasteiger partial charge in [-0.2, -0.15) is 30.5 Å². The number of nitrogens with zero attached hydrogens (tertiary/aromatic N) is 9. The van der Waals surface area contributed by atoms with E-state index in [9.17, 15) is 13.2 Å². The molecule has 0 aliphatic carbocycles. The van der Waals surface area contributed by atoms with E-state index >= 15 is 0 Å². The van der Waals surface area contributed by atoms with Gasteiger partial charge in [-0.3, -0.25) is 4.98 Å². The van der Waals surface area contributed by atoms with Crippen molar-refractivity contribution in [2.24, 2.45) is 0 Å². The predicted octanol–water partition coefficient (Wildman–Crippen LogP) is 7.46. The SMILES string of the molecule is CC.CCc1cc2ccc(F)cc2nc1-c1ccccn1.CCc1cc2ccc(P)cc2nc1-c1cc(F)cc(F)c1.N#Cc1c(N)nc(N)nc1N.N#Cc1c(N)nc(N)nc1N. The standard InChI is InChI=1S/C17H14F2NP.C16H13FN2.2C5H6N6.C2H6/c1-2-10-5-11-3-4-15(21)9-16(11)20-17(10)12-6-13(18)8-14(19)7-12;1-2-11-9-12-6-7-13(17)10-15(12)19-16(11)14-5-3-4-8-18-14;2*6-1-2-3(7)10-5(9)11-4(2)8;1-2/h3-9H,2,21H2,1H3;3-10H,2H2,1H3;2*(H6,7,8,9,10,11);1-2H3. The fourth-order valence-corrected chi connectivity index (χ4v) is 6.13. The number of hydrogen-bond acceptors (Lipinski definition) is 15. The Kier molecular flexibility index (Phi) is 17.1. The Hall–Kier alpha value is -8.21. The lowest BCUT2D eigenvalue weighted by Gasteiger charge is -2.10. The summed E-state index contributed by atoms with van der Waals surface area (Å²) in [6, 6.07) is 27.5. The molecule has 1 atom stereocenters. The number of benzene rings is 3. The van der Waals surface area contributed by atoms with Crippen LogP contribution < -0.4 is 39.7 Å². The van der Waals surface area contributed by atoms with Gasteiger partial charge in [-0.1, -0.05) is 45.9 Å². The fraction of sp³-hybridized carbons (Fsp3) is 0.133. The lowest BCUT2D eigenvalue weighted by atomic mass is 10.0. The molecule has 0 aliphatic heterocycles. The summed E-state index contributed by atoms with van der Waals surface area (Å²) in [5.74, 6) is -1.46. The van der Waals surface area contributed by atoms with Crippen molar-refractivity contribution in [2.75, 3.05) is 34.4 Å². The number of pyridine rings is 3. The topological polar surface area (TPSA) is 294 Å². The second kappa shape index (κ2) is 22.6. The van der Waals surface area contributed by atoms with E-state index in [1.807, 2.05) is 63.2 Å². The monoisotopic (exact) mass is 883 g/mol. The molecule has 1 unspecified atom stereocenters. The largest absolute Gasteiger partial charge is 0.382 e. The molecule has 8 aromatic rings. The van der Waals surface area contributed by atoms with E-state index in [0.29, 0.717) is 16.8 Å². The van der Waals surface area contributed by atoms with Crippen LogP contribution in [0.5, 0.6) is 0 Å². The highest BCUT2D eigenvalue weighted by atomic mass is 31.0. The Labute approximate surface area is 369 Å². The number of halogens is 3. The third-order valence-corrected chi connectivity index (χ3v) is 9.13. The second-order valence-electron chi connectivity index (χ2n) is 13.0. The van der Waals surface area contributed by atoms with E-state index in [1.165, 1.54) is 24.3 Å². The van der Waals surface area contributed by atoms with Gasteiger partial charge in [0, 0.05) is 34.7 Å². The molecule has 0 aliphatic rings. The molecule has 5 heterocycles. The molecule has 15 nitrogen and oxygen atoms in total. The third kappa shape index (κ3) is 12.4. The maximum atomic E-state index is 13.5. The van der Waals surface area contributed by atoms with Crippen molar-refractivity contribution in [1.82, 2.24) is 34.9 Å². The van der Waals surface area contributed by atoms with Gasteiger partial charge < -0.3 is 34.4 Å². The smallest absolute Gasteiger partial charge is 0.224 e. The minimum Gasteiger partial charge on any atom is -0.382 e. The van der Waals surface area contributed by atoms with E-state index in [-0.39, 0.29) is 52.1 Å². The first-order valence-electron chi connectivity index (χ1n) is 19.5. The zero-order chi connectivity index (χ0) is 47.1. The molecule has 5 aromatic heterocycles. The van der Waals surface area contributed by atoms with Crippen LogP contribution in [0.1, 0.15) is 49.9 Å². The summed E-state index contributed by atoms with van der Waals surface area (Å²) in [5, 5.41) is 19.9. The van der Waals surface area contributed by atoms with Gasteiger partial charge in [0.2, 0.25) is 11.9 Å². The maximum Gasteiger partial charge on any atom is 0.224 e. The summed E-state index contributed by atoms with van der Waals surface area (Å²) >= 11 is 0. The van der Waals surface area contributed by atoms with Gasteiger partial charge in [0.05, 0.1) is 28.1 Å². The van der Waals surface area contributed by atoms with Gasteiger partial charge in [-0.15, -0.1) is 9.24 Å². The zero-order valence-corrected chi connectivity index (χ0v) is 36.4. The van der Waals surface area contributed by atoms with Crippen molar-refractivity contribution < 1.29 is 13.2 Å². The lowest BCUT2D eigenvalue weighted by molar-refractivity contribution is 0.584. The van der Waals surface area contributed by atoms with Crippen LogP contribution in [0.25, 0.3) is 44.5 Å². The van der Waals surface area contributed by atoms with Crippen molar-refractivity contribution >= 4 is 71.5 Å². The molecule has 0 radical (unpaired) electrons. The molecule has 0 bridgehead atoms. The molecule has 0 fully saturated rings. The average molecular weight is 884 g/mol. The van der Waals surface area contributed by atoms with Crippen LogP contribution >= 0.6 is 9.24 Å². The Balaban J connectivity index is 0.000000192. The normalized spacial score (nSPS) is 10.0. The molecular weight excluding hydrogens is 839 g/mol. The first-order valence-corrected chi connectivity index (χ1v) is 20.1. The van der Waals surface area contributed by atoms with E-state index in [1.54, 1.807) is 24.4 Å². The molecule has 0 saturated heterocycles. The number of aryl methyl sites for hydroxylation is 2. The molecular formula is C45H45F3N15P. The van der Waals surface area contributed by atoms with Crippen LogP contribution in [-0.4, -0.2) is 34.9 Å². The molecule has 64 heavy (non-hydrogen) atoms. The van der Waals surface area contributed by atoms with Gasteiger partial charge in [0.1, 0.15) is 64.0 Å². The van der Waals surface area contributed by atoms with Crippen LogP contribution in [0.15, 0.2) is 91.1 Å². The Morgan fingerprint density at radius 3 is 1.48 bits per heavy atom. The van der Waals surface area contributed by atoms with E-state index in [0.717, 1.165) is 63.0 Å². The van der Waals surface area contributed by atoms with Gasteiger partial charge >= 0.3 is 0 Å². The highest BCUT2D eigenvalue weighted by molar-refractivity contribution is 7.27. The van der Waals surface area contributed by atoms with Crippen molar-refractivity contribution in [2.45, 2.75) is 40.5 Å². The second-order valence-corrected chi connectivity index (χ2v) is 13.7. The van der Waals surface area contributed by atoms with Gasteiger partial charge in [0.25, 0.3) is 0 Å². The summed E-state index contributed by atoms with van der Waals surface area (Å²) in [5.41, 5.74) is 38.1. The summed E-state index contributed by atoms with van der Waals surface area (Å²) in [4.78, 5) is 27.7. The maximum absolute atomic E-state index is 13.5. The molecule has 0 amide bonds. The number of fused-ring (bicyclic) bond motifs is 2. The summed E-state index contributed by atoms with van der Waals surface area (Å²) < 4.78 is 40.2. The van der Waals surface area contributed by atoms with E-state index < -0.39 is 11.6 Å². The van der Waals surface area contributed by atoms with Crippen molar-refractivity contribution in [3.63, 3.8) is 0 Å². The third-order valence-electron chi connectivity index (χ3n) is 8.77. The summed E-state index contributed by atoms with van der Waals surface area (Å²) in [6.07, 6.45) is 3.36. The summed E-state index contributed by atoms with van der Waals surface area (Å²) in [7, 11) is 2.63. The highest BCUT2D eigenvalue weighted by Gasteiger charge is 2.13. The minimum absolute atomic E-state index is 0.0116. The number of aromatic nitrogens is 7. The molecule has 19 heteroatoms. The van der Waals surface area contributed by atoms with Crippen molar-refractivity contribution in [1.29, 1.82) is 10.5 Å². The molecule has 12 N–H and O–H groups in total. The van der Waals surface area contributed by atoms with Crippen molar-refractivity contribution in [3.8, 4) is 34.8 Å². The first-order chi connectivity index (χ1) is 30.6. The summed E-state index contributed by atoms with van der Waals surface area (Å²) in [6.45, 7) is 8.09. The number of nitriles is 2. The van der Waals surface area contributed by atoms with Gasteiger partial charge in [-0.05, 0) is 83.9 Å². The molecule has 8 rings (SSSR count). The number of nitrogen functional groups attached to an aromatic ring is 6. The number of anilines is 6. The average Bonchev–Trinajstić information content (AvgIpc) is 3.26. The molecule has 0 spiro atoms. The molecule has 0 saturated carbocycles. The zero-order valence-electron chi connectivity index (χ0n) is 35.3. The Morgan fingerprint density at radius 1 is 0.547 bits per heavy atom. The van der Waals surface area contributed by atoms with Gasteiger partial charge in [0.15, 0.2) is 0 Å². The van der Waals surface area contributed by atoms with Crippen molar-refractivity contribution in [3.05, 3.63) is 131 Å². The van der Waals surface area contributed by atoms with E-state index in [2.05, 4.69) is 57.1 Å². The number of hydrogen-bond donors (Lipinski definition) is 6. The fourth-order valence-electron chi connectivity index (χ4n) is 5.87. The Bertz CT molecular complexity index is 2860. The number of rotatable bonds is 4. The van der Waals surface area contributed by atoms with Crippen LogP contribution in [-0.2, 0) is 12.8 Å². The molecule has 326 valence electrons. The Morgan fingerprint density at radius 2 is 1.02 bits per heavy atom. The van der Waals surface area contributed by atoms with Crippen LogP contribution in [0, 0.1) is 40.1 Å². The predicted molar refractivity (Wildman–Crippen MR) is 251 cm³/mol. The quantitative estimate of drug-likeness (QED) is 0.0935. The highest BCUT2D eigenvalue weighted by Crippen LogP contribution is 2.28. The number of nitrogens with two attached hydrogens (primary N) is 6.